The van der Waals surface area contributed by atoms with Gasteiger partial charge in [0.1, 0.15) is 11.5 Å². The van der Waals surface area contributed by atoms with Crippen LogP contribution in [0.2, 0.25) is 0 Å². The zero-order valence-corrected chi connectivity index (χ0v) is 33.8. The fourth-order valence-corrected chi connectivity index (χ4v) is 8.68. The molecule has 6 aromatic rings. The monoisotopic (exact) mass is 782 g/mol. The minimum Gasteiger partial charge on any atom is -0.454 e. The second-order valence-electron chi connectivity index (χ2n) is 14.8. The molecule has 2 heterocycles. The smallest absolute Gasteiger partial charge is 0.165 e. The van der Waals surface area contributed by atoms with E-state index in [0.29, 0.717) is 37.6 Å². The van der Waals surface area contributed by atoms with E-state index >= 15 is 8.78 Å². The zero-order chi connectivity index (χ0) is 39.0. The van der Waals surface area contributed by atoms with Gasteiger partial charge in [0.25, 0.3) is 0 Å². The fourth-order valence-electron chi connectivity index (χ4n) is 6.54. The van der Waals surface area contributed by atoms with E-state index in [1.165, 1.54) is 12.1 Å². The molecule has 5 nitrogen and oxygen atoms in total. The highest BCUT2D eigenvalue weighted by Gasteiger charge is 2.41. The average Bonchev–Trinajstić information content (AvgIpc) is 3.86. The van der Waals surface area contributed by atoms with Gasteiger partial charge in [0.15, 0.2) is 23.1 Å². The van der Waals surface area contributed by atoms with Crippen LogP contribution >= 0.6 is 22.7 Å². The van der Waals surface area contributed by atoms with Crippen LogP contribution in [0, 0.1) is 11.6 Å². The molecule has 2 unspecified atom stereocenters. The summed E-state index contributed by atoms with van der Waals surface area (Å²) in [6.45, 7) is 9.79. The van der Waals surface area contributed by atoms with E-state index in [0.717, 1.165) is 32.0 Å². The lowest BCUT2D eigenvalue weighted by atomic mass is 9.78. The highest BCUT2D eigenvalue weighted by Crippen LogP contribution is 2.42. The number of rotatable bonds is 18. The quantitative estimate of drug-likeness (QED) is 0.0869. The molecular formula is C46H48F2O5S2. The van der Waals surface area contributed by atoms with Crippen LogP contribution in [0.4, 0.5) is 8.78 Å². The molecule has 0 aliphatic heterocycles. The van der Waals surface area contributed by atoms with E-state index in [-0.39, 0.29) is 23.7 Å². The Morgan fingerprint density at radius 1 is 0.527 bits per heavy atom. The number of ether oxygens (including phenoxy) is 5. The van der Waals surface area contributed by atoms with Crippen molar-refractivity contribution in [1.82, 2.24) is 0 Å². The Hall–Kier alpha value is -4.38. The van der Waals surface area contributed by atoms with Gasteiger partial charge in [0.2, 0.25) is 0 Å². The first-order valence-electron chi connectivity index (χ1n) is 18.3. The van der Waals surface area contributed by atoms with Crippen LogP contribution in [0.1, 0.15) is 59.7 Å². The van der Waals surface area contributed by atoms with Gasteiger partial charge in [0, 0.05) is 34.8 Å². The molecule has 0 aliphatic carbocycles. The van der Waals surface area contributed by atoms with Crippen molar-refractivity contribution in [1.29, 1.82) is 0 Å². The highest BCUT2D eigenvalue weighted by atomic mass is 32.1. The summed E-state index contributed by atoms with van der Waals surface area (Å²) < 4.78 is 60.9. The molecule has 0 bridgehead atoms. The maximum atomic E-state index is 15.2. The van der Waals surface area contributed by atoms with E-state index < -0.39 is 22.5 Å². The predicted octanol–water partition coefficient (Wildman–Crippen LogP) is 12.5. The first kappa shape index (κ1) is 40.3. The summed E-state index contributed by atoms with van der Waals surface area (Å²) in [5.74, 6) is 0.516. The molecule has 4 aromatic carbocycles. The zero-order valence-electron chi connectivity index (χ0n) is 32.1. The van der Waals surface area contributed by atoms with Crippen LogP contribution in [0.5, 0.6) is 23.0 Å². The first-order valence-corrected chi connectivity index (χ1v) is 20.0. The number of halogens is 2. The molecule has 55 heavy (non-hydrogen) atoms. The number of hydrogen-bond acceptors (Lipinski definition) is 7. The van der Waals surface area contributed by atoms with E-state index in [1.807, 2.05) is 36.4 Å². The second kappa shape index (κ2) is 18.0. The van der Waals surface area contributed by atoms with Crippen molar-refractivity contribution >= 4 is 22.7 Å². The lowest BCUT2D eigenvalue weighted by Gasteiger charge is -2.42. The van der Waals surface area contributed by atoms with Crippen LogP contribution in [-0.4, -0.2) is 26.4 Å². The van der Waals surface area contributed by atoms with Crippen LogP contribution in [0.3, 0.4) is 0 Å². The number of thiophene rings is 2. The number of methoxy groups -OCH3 is 2. The first-order chi connectivity index (χ1) is 26.5. The van der Waals surface area contributed by atoms with E-state index in [1.54, 1.807) is 85.4 Å². The molecule has 0 amide bonds. The highest BCUT2D eigenvalue weighted by molar-refractivity contribution is 7.10. The largest absolute Gasteiger partial charge is 0.454 e. The summed E-state index contributed by atoms with van der Waals surface area (Å²) in [5.41, 5.74) is 2.92. The Kier molecular flexibility index (Phi) is 13.2. The van der Waals surface area contributed by atoms with Crippen molar-refractivity contribution in [3.8, 4) is 23.0 Å². The van der Waals surface area contributed by atoms with Crippen LogP contribution < -0.4 is 9.47 Å². The Morgan fingerprint density at radius 2 is 0.927 bits per heavy atom. The van der Waals surface area contributed by atoms with Gasteiger partial charge in [-0.1, -0.05) is 76.2 Å². The molecule has 0 saturated carbocycles. The van der Waals surface area contributed by atoms with Gasteiger partial charge in [-0.25, -0.2) is 8.78 Å². The molecule has 0 radical (unpaired) electrons. The third-order valence-corrected chi connectivity index (χ3v) is 12.6. The standard InChI is InChI=1S/C46H48F2O5S2/c1-45(2,43-25-33(27-49-5)29-54-43)41(23-31-17-19-37(47)39(21-31)51-35-13-9-7-10-14-35)53-42(46(3,4)44-26-34(28-50-6)30-55-44)24-32-18-20-38(48)40(22-32)52-36-15-11-8-12-16-36/h7-22,25-26,29-30,41-42H,23-24,27-28H2,1-6H3. The number of benzene rings is 4. The van der Waals surface area contributed by atoms with E-state index in [2.05, 4.69) is 50.6 Å². The summed E-state index contributed by atoms with van der Waals surface area (Å²) in [4.78, 5) is 2.28. The maximum absolute atomic E-state index is 15.2. The summed E-state index contributed by atoms with van der Waals surface area (Å²) in [5, 5.41) is 4.25. The topological polar surface area (TPSA) is 46.2 Å². The third-order valence-electron chi connectivity index (χ3n) is 9.91. The molecule has 0 spiro atoms. The van der Waals surface area contributed by atoms with Crippen molar-refractivity contribution in [2.45, 2.75) is 76.8 Å². The van der Waals surface area contributed by atoms with Gasteiger partial charge in [-0.2, -0.15) is 0 Å². The van der Waals surface area contributed by atoms with Gasteiger partial charge in [-0.3, -0.25) is 0 Å². The molecule has 2 atom stereocenters. The van der Waals surface area contributed by atoms with Crippen molar-refractivity contribution in [3.05, 3.63) is 164 Å². The molecule has 0 aliphatic rings. The molecule has 6 rings (SSSR count). The number of hydrogen-bond donors (Lipinski definition) is 0. The Balaban J connectivity index is 1.40. The van der Waals surface area contributed by atoms with Crippen LogP contribution in [-0.2, 0) is 51.1 Å². The summed E-state index contributed by atoms with van der Waals surface area (Å²) in [7, 11) is 3.39. The SMILES string of the molecule is COCc1csc(C(C)(C)C(Cc2ccc(F)c(Oc3ccccc3)c2)OC(Cc2ccc(F)c(Oc3ccccc3)c2)C(C)(C)c2cc(COC)cs2)c1. The molecule has 288 valence electrons. The average molecular weight is 783 g/mol. The minimum atomic E-state index is -0.499. The van der Waals surface area contributed by atoms with Gasteiger partial charge < -0.3 is 23.7 Å². The van der Waals surface area contributed by atoms with Crippen LogP contribution in [0.25, 0.3) is 0 Å². The van der Waals surface area contributed by atoms with Gasteiger partial charge in [-0.05, 0) is 107 Å². The Bertz CT molecular complexity index is 1980. The molecule has 9 heteroatoms. The molecule has 2 aromatic heterocycles. The Morgan fingerprint density at radius 3 is 1.31 bits per heavy atom. The van der Waals surface area contributed by atoms with E-state index in [4.69, 9.17) is 23.7 Å². The number of para-hydroxylation sites is 2. The molecule has 0 N–H and O–H groups in total. The minimum absolute atomic E-state index is 0.150. The Labute approximate surface area is 331 Å². The van der Waals surface area contributed by atoms with Gasteiger partial charge in [-0.15, -0.1) is 22.7 Å². The summed E-state index contributed by atoms with van der Waals surface area (Å²) >= 11 is 3.35. The van der Waals surface area contributed by atoms with E-state index in [9.17, 15) is 0 Å². The van der Waals surface area contributed by atoms with Gasteiger partial charge >= 0.3 is 0 Å². The van der Waals surface area contributed by atoms with Crippen LogP contribution in [0.15, 0.2) is 120 Å². The lowest BCUT2D eigenvalue weighted by Crippen LogP contribution is -2.46. The maximum Gasteiger partial charge on any atom is 0.165 e. The molecule has 0 fully saturated rings. The summed E-state index contributed by atoms with van der Waals surface area (Å²) in [6.07, 6.45) is 0.154. The molecule has 0 saturated heterocycles. The van der Waals surface area contributed by atoms with Crippen molar-refractivity contribution in [2.24, 2.45) is 0 Å². The summed E-state index contributed by atoms with van der Waals surface area (Å²) in [6, 6.07) is 32.8. The van der Waals surface area contributed by atoms with Gasteiger partial charge in [0.05, 0.1) is 25.4 Å². The second-order valence-corrected chi connectivity index (χ2v) is 16.7. The van der Waals surface area contributed by atoms with Crippen molar-refractivity contribution < 1.29 is 32.5 Å². The predicted molar refractivity (Wildman–Crippen MR) is 218 cm³/mol. The normalized spacial score (nSPS) is 13.1. The molecular weight excluding hydrogens is 735 g/mol. The third kappa shape index (κ3) is 10.1. The lowest BCUT2D eigenvalue weighted by molar-refractivity contribution is -0.0740. The fraction of sp³-hybridized carbons (Fsp3) is 0.304. The van der Waals surface area contributed by atoms with Crippen molar-refractivity contribution in [2.75, 3.05) is 14.2 Å². The van der Waals surface area contributed by atoms with Crippen molar-refractivity contribution in [3.63, 3.8) is 0 Å².